The van der Waals surface area contributed by atoms with Crippen molar-refractivity contribution in [1.29, 1.82) is 0 Å². The Bertz CT molecular complexity index is 1950. The molecule has 0 aliphatic rings. The molecule has 254 valence electrons. The van der Waals surface area contributed by atoms with E-state index in [-0.39, 0.29) is 18.0 Å². The molecular formula is C40H42ClN3O4S. The van der Waals surface area contributed by atoms with Crippen LogP contribution in [0.4, 0.5) is 0 Å². The molecule has 0 aliphatic carbocycles. The Morgan fingerprint density at radius 3 is 2.04 bits per heavy atom. The minimum Gasteiger partial charge on any atom is -0.494 e. The Hall–Kier alpha value is -4.63. The molecule has 5 aromatic rings. The first-order valence-electron chi connectivity index (χ1n) is 16.4. The number of fused-ring (bicyclic) bond motifs is 1. The molecule has 0 bridgehead atoms. The summed E-state index contributed by atoms with van der Waals surface area (Å²) in [5.74, 6) is -0.168. The van der Waals surface area contributed by atoms with E-state index in [2.05, 4.69) is 9.71 Å². The van der Waals surface area contributed by atoms with E-state index >= 15 is 0 Å². The van der Waals surface area contributed by atoms with Crippen LogP contribution < -0.4 is 9.46 Å². The van der Waals surface area contributed by atoms with Crippen LogP contribution >= 0.6 is 11.6 Å². The highest BCUT2D eigenvalue weighted by Gasteiger charge is 2.23. The van der Waals surface area contributed by atoms with Crippen LogP contribution in [0.5, 0.6) is 5.75 Å². The summed E-state index contributed by atoms with van der Waals surface area (Å²) in [5.41, 5.74) is 5.81. The van der Waals surface area contributed by atoms with Crippen LogP contribution in [-0.2, 0) is 16.4 Å². The Morgan fingerprint density at radius 1 is 0.857 bits per heavy atom. The van der Waals surface area contributed by atoms with Gasteiger partial charge in [-0.2, -0.15) is 0 Å². The van der Waals surface area contributed by atoms with Gasteiger partial charge < -0.3 is 9.72 Å². The maximum Gasteiger partial charge on any atom is 0.281 e. The third-order valence-electron chi connectivity index (χ3n) is 8.16. The molecule has 0 fully saturated rings. The lowest BCUT2D eigenvalue weighted by molar-refractivity contribution is 0.0976. The summed E-state index contributed by atoms with van der Waals surface area (Å²) in [6, 6.07) is 31.3. The molecule has 1 amide bonds. The van der Waals surface area contributed by atoms with Crippen LogP contribution in [0.25, 0.3) is 23.1 Å². The topological polar surface area (TPSA) is 91.5 Å². The van der Waals surface area contributed by atoms with Gasteiger partial charge in [-0.05, 0) is 72.7 Å². The summed E-state index contributed by atoms with van der Waals surface area (Å²) < 4.78 is 34.9. The summed E-state index contributed by atoms with van der Waals surface area (Å²) >= 11 is 6.30. The summed E-state index contributed by atoms with van der Waals surface area (Å²) in [7, 11) is -3.95. The first-order chi connectivity index (χ1) is 23.7. The average molecular weight is 696 g/mol. The van der Waals surface area contributed by atoms with Crippen molar-refractivity contribution in [2.75, 3.05) is 32.0 Å². The zero-order chi connectivity index (χ0) is 34.6. The fourth-order valence-electron chi connectivity index (χ4n) is 5.64. The van der Waals surface area contributed by atoms with E-state index in [0.29, 0.717) is 32.5 Å². The Kier molecular flexibility index (Phi) is 12.5. The van der Waals surface area contributed by atoms with Crippen LogP contribution in [0, 0.1) is 13.8 Å². The first kappa shape index (κ1) is 35.7. The number of aromatic amines is 1. The molecule has 0 spiro atoms. The Labute approximate surface area is 294 Å². The maximum atomic E-state index is 13.5. The largest absolute Gasteiger partial charge is 0.494 e. The number of nitrogens with one attached hydrogen (secondary N) is 2. The highest BCUT2D eigenvalue weighted by Crippen LogP contribution is 2.27. The molecule has 9 heteroatoms. The van der Waals surface area contributed by atoms with Gasteiger partial charge in [-0.15, -0.1) is 0 Å². The number of H-pyrrole nitrogens is 1. The smallest absolute Gasteiger partial charge is 0.281 e. The van der Waals surface area contributed by atoms with E-state index in [1.54, 1.807) is 0 Å². The number of carbonyl (C=O) groups excluding carboxylic acids is 1. The molecule has 1 aromatic heterocycles. The van der Waals surface area contributed by atoms with Gasteiger partial charge in [0.2, 0.25) is 10.0 Å². The van der Waals surface area contributed by atoms with Gasteiger partial charge in [-0.25, -0.2) is 13.1 Å². The van der Waals surface area contributed by atoms with Crippen molar-refractivity contribution >= 4 is 50.6 Å². The van der Waals surface area contributed by atoms with Crippen molar-refractivity contribution in [1.82, 2.24) is 14.6 Å². The van der Waals surface area contributed by atoms with E-state index in [1.165, 1.54) is 0 Å². The summed E-state index contributed by atoms with van der Waals surface area (Å²) in [6.07, 6.45) is 9.22. The molecule has 0 saturated carbocycles. The third-order valence-corrected chi connectivity index (χ3v) is 9.97. The molecule has 0 radical (unpaired) electrons. The van der Waals surface area contributed by atoms with E-state index in [0.717, 1.165) is 49.5 Å². The fourth-order valence-corrected chi connectivity index (χ4v) is 6.73. The summed E-state index contributed by atoms with van der Waals surface area (Å²) in [6.45, 7) is 5.63. The molecule has 2 N–H and O–H groups in total. The summed E-state index contributed by atoms with van der Waals surface area (Å²) in [4.78, 5) is 18.7. The average Bonchev–Trinajstić information content (AvgIpc) is 3.47. The molecular weight excluding hydrogens is 654 g/mol. The van der Waals surface area contributed by atoms with E-state index in [9.17, 15) is 13.2 Å². The van der Waals surface area contributed by atoms with Crippen LogP contribution in [0.1, 0.15) is 44.7 Å². The maximum absolute atomic E-state index is 13.5. The quantitative estimate of drug-likeness (QED) is 0.102. The second-order valence-corrected chi connectivity index (χ2v) is 14.2. The highest BCUT2D eigenvalue weighted by molar-refractivity contribution is 7.90. The van der Waals surface area contributed by atoms with E-state index in [1.807, 2.05) is 140 Å². The molecule has 0 atom stereocenters. The summed E-state index contributed by atoms with van der Waals surface area (Å²) in [5, 5.41) is 1.61. The number of benzene rings is 4. The van der Waals surface area contributed by atoms with Gasteiger partial charge in [0.1, 0.15) is 11.4 Å². The number of aryl methyl sites for hydroxylation is 3. The van der Waals surface area contributed by atoms with Crippen LogP contribution in [0.3, 0.4) is 0 Å². The predicted octanol–water partition coefficient (Wildman–Crippen LogP) is 8.24. The van der Waals surface area contributed by atoms with E-state index < -0.39 is 15.9 Å². The van der Waals surface area contributed by atoms with Gasteiger partial charge in [0.15, 0.2) is 0 Å². The number of carbonyl (C=O) groups is 1. The number of para-hydroxylation sites is 1. The van der Waals surface area contributed by atoms with Gasteiger partial charge in [0, 0.05) is 35.6 Å². The standard InChI is InChI=1S/C40H42ClN3O4S/c1-30-28-34(29-31(2)38(30)41)48-26-13-21-36-35-20-9-10-22-37(35)42-39(36)40(45)43-49(46,47)27-25-44(23-11-18-32-14-5-3-6-15-32)24-12-19-33-16-7-4-8-17-33/h3-12,14-20,22,28-29,42H,13,21,23-27H2,1-2H3,(H,43,45). The van der Waals surface area contributed by atoms with Gasteiger partial charge in [0.05, 0.1) is 12.4 Å². The molecule has 0 unspecified atom stereocenters. The molecule has 4 aromatic carbocycles. The van der Waals surface area contributed by atoms with Gasteiger partial charge in [-0.1, -0.05) is 115 Å². The highest BCUT2D eigenvalue weighted by atomic mass is 35.5. The van der Waals surface area contributed by atoms with Gasteiger partial charge in [-0.3, -0.25) is 9.69 Å². The number of sulfonamides is 1. The van der Waals surface area contributed by atoms with Crippen molar-refractivity contribution in [2.24, 2.45) is 0 Å². The number of hydrogen-bond donors (Lipinski definition) is 2. The minimum atomic E-state index is -3.95. The van der Waals surface area contributed by atoms with Crippen molar-refractivity contribution < 1.29 is 17.9 Å². The van der Waals surface area contributed by atoms with Crippen molar-refractivity contribution in [2.45, 2.75) is 26.7 Å². The van der Waals surface area contributed by atoms with Crippen molar-refractivity contribution in [3.05, 3.63) is 148 Å². The number of rotatable bonds is 16. The lowest BCUT2D eigenvalue weighted by atomic mass is 10.1. The van der Waals surface area contributed by atoms with Gasteiger partial charge >= 0.3 is 0 Å². The zero-order valence-corrected chi connectivity index (χ0v) is 29.4. The number of ether oxygens (including phenoxy) is 1. The third kappa shape index (κ3) is 10.4. The van der Waals surface area contributed by atoms with Crippen molar-refractivity contribution in [3.63, 3.8) is 0 Å². The molecule has 0 aliphatic heterocycles. The molecule has 5 rings (SSSR count). The second kappa shape index (κ2) is 17.2. The van der Waals surface area contributed by atoms with Crippen LogP contribution in [-0.4, -0.2) is 56.2 Å². The second-order valence-electron chi connectivity index (χ2n) is 12.0. The van der Waals surface area contributed by atoms with Crippen LogP contribution in [0.15, 0.2) is 109 Å². The van der Waals surface area contributed by atoms with Crippen molar-refractivity contribution in [3.8, 4) is 5.75 Å². The Morgan fingerprint density at radius 2 is 1.43 bits per heavy atom. The molecule has 7 nitrogen and oxygen atoms in total. The zero-order valence-electron chi connectivity index (χ0n) is 27.9. The fraction of sp³-hybridized carbons (Fsp3) is 0.225. The number of amides is 1. The van der Waals surface area contributed by atoms with E-state index in [4.69, 9.17) is 16.3 Å². The van der Waals surface area contributed by atoms with Crippen LogP contribution in [0.2, 0.25) is 5.02 Å². The lowest BCUT2D eigenvalue weighted by Crippen LogP contribution is -2.38. The molecule has 1 heterocycles. The van der Waals surface area contributed by atoms with Gasteiger partial charge in [0.25, 0.3) is 5.91 Å². The number of halogens is 1. The minimum absolute atomic E-state index is 0.236. The lowest BCUT2D eigenvalue weighted by Gasteiger charge is -2.19. The number of hydrogen-bond acceptors (Lipinski definition) is 5. The Balaban J connectivity index is 1.23. The molecule has 49 heavy (non-hydrogen) atoms. The molecule has 0 saturated heterocycles. The predicted molar refractivity (Wildman–Crippen MR) is 202 cm³/mol. The normalized spacial score (nSPS) is 12.0. The number of aromatic nitrogens is 1. The number of nitrogens with zero attached hydrogens (tertiary/aromatic N) is 1. The first-order valence-corrected chi connectivity index (χ1v) is 18.4. The SMILES string of the molecule is Cc1cc(OCCCc2c(C(=O)NS(=O)(=O)CCN(CC=Cc3ccccc3)CC=Cc3ccccc3)[nH]c3ccccc23)cc(C)c1Cl. The monoisotopic (exact) mass is 695 g/mol.